The summed E-state index contributed by atoms with van der Waals surface area (Å²) in [6, 6.07) is 2.48. The number of hydrogen-bond donors (Lipinski definition) is 5. The quantitative estimate of drug-likeness (QED) is 0.465. The number of hydrogen-bond acceptors (Lipinski definition) is 5. The molecule has 0 saturated carbocycles. The van der Waals surface area contributed by atoms with Gasteiger partial charge in [-0.1, -0.05) is 6.07 Å². The topological polar surface area (TPSA) is 150 Å². The van der Waals surface area contributed by atoms with Gasteiger partial charge in [0, 0.05) is 0 Å². The van der Waals surface area contributed by atoms with Crippen LogP contribution < -0.4 is 10.3 Å². The molecule has 8 nitrogen and oxygen atoms in total. The molecule has 6 N–H and O–H groups in total. The van der Waals surface area contributed by atoms with E-state index in [1.165, 1.54) is 6.07 Å². The first-order chi connectivity index (χ1) is 8.19. The maximum Gasteiger partial charge on any atom is 0.524 e. The molecule has 0 unspecified atom stereocenters. The van der Waals surface area contributed by atoms with Gasteiger partial charge in [-0.2, -0.15) is 0 Å². The lowest BCUT2D eigenvalue weighted by molar-refractivity contribution is -0.138. The summed E-state index contributed by atoms with van der Waals surface area (Å²) in [6.07, 6.45) is -0.0624. The zero-order valence-corrected chi connectivity index (χ0v) is 9.95. The average Bonchev–Trinajstić information content (AvgIpc) is 2.20. The Labute approximate surface area is 102 Å². The highest BCUT2D eigenvalue weighted by molar-refractivity contribution is 7.46. The zero-order valence-electron chi connectivity index (χ0n) is 9.05. The standard InChI is InChI=1S/C9H12NO7P/c10-6(9(12)13)3-5-1-2-7(11)8(4-5)17-18(14,15)16/h1-2,4,6,11H,3,10H2,(H,12,13)(H2,14,15,16)/t6-/m0/s1. The summed E-state index contributed by atoms with van der Waals surface area (Å²) in [6.45, 7) is 0. The predicted octanol–water partition coefficient (Wildman–Crippen LogP) is -0.182. The summed E-state index contributed by atoms with van der Waals surface area (Å²) < 4.78 is 14.9. The van der Waals surface area contributed by atoms with Crippen LogP contribution in [0.25, 0.3) is 0 Å². The molecule has 0 heterocycles. The third kappa shape index (κ3) is 4.34. The molecule has 1 aromatic rings. The van der Waals surface area contributed by atoms with Crippen LogP contribution in [-0.4, -0.2) is 32.0 Å². The second kappa shape index (κ2) is 5.36. The molecule has 1 rings (SSSR count). The Morgan fingerprint density at radius 1 is 1.44 bits per heavy atom. The second-order valence-electron chi connectivity index (χ2n) is 3.53. The second-order valence-corrected chi connectivity index (χ2v) is 4.70. The molecule has 1 atom stereocenters. The van der Waals surface area contributed by atoms with Crippen LogP contribution >= 0.6 is 7.82 Å². The van der Waals surface area contributed by atoms with Gasteiger partial charge in [-0.15, -0.1) is 0 Å². The van der Waals surface area contributed by atoms with Crippen LogP contribution in [-0.2, 0) is 15.8 Å². The number of phenolic OH excluding ortho intramolecular Hbond substituents is 1. The van der Waals surface area contributed by atoms with E-state index in [-0.39, 0.29) is 6.42 Å². The highest BCUT2D eigenvalue weighted by atomic mass is 31.2. The van der Waals surface area contributed by atoms with Gasteiger partial charge in [0.1, 0.15) is 6.04 Å². The van der Waals surface area contributed by atoms with Crippen molar-refractivity contribution in [1.82, 2.24) is 0 Å². The molecule has 9 heteroatoms. The van der Waals surface area contributed by atoms with Crippen molar-refractivity contribution in [3.8, 4) is 11.5 Å². The third-order valence-corrected chi connectivity index (χ3v) is 2.45. The fourth-order valence-corrected chi connectivity index (χ4v) is 1.63. The van der Waals surface area contributed by atoms with Crippen molar-refractivity contribution < 1.29 is 33.9 Å². The predicted molar refractivity (Wildman–Crippen MR) is 60.1 cm³/mol. The minimum Gasteiger partial charge on any atom is -0.504 e. The normalized spacial score (nSPS) is 13.1. The van der Waals surface area contributed by atoms with Gasteiger partial charge in [-0.25, -0.2) is 4.57 Å². The van der Waals surface area contributed by atoms with Crippen LogP contribution in [0.15, 0.2) is 18.2 Å². The van der Waals surface area contributed by atoms with E-state index in [4.69, 9.17) is 20.6 Å². The average molecular weight is 277 g/mol. The summed E-state index contributed by atoms with van der Waals surface area (Å²) in [5.74, 6) is -2.11. The summed E-state index contributed by atoms with van der Waals surface area (Å²) in [4.78, 5) is 27.8. The highest BCUT2D eigenvalue weighted by Crippen LogP contribution is 2.41. The van der Waals surface area contributed by atoms with Crippen LogP contribution in [0.3, 0.4) is 0 Å². The van der Waals surface area contributed by atoms with E-state index in [1.807, 2.05) is 0 Å². The molecule has 0 saturated heterocycles. The van der Waals surface area contributed by atoms with Gasteiger partial charge in [-0.3, -0.25) is 14.6 Å². The molecule has 0 amide bonds. The minimum atomic E-state index is -4.80. The van der Waals surface area contributed by atoms with Crippen molar-refractivity contribution in [3.63, 3.8) is 0 Å². The number of aromatic hydroxyl groups is 1. The van der Waals surface area contributed by atoms with Crippen molar-refractivity contribution in [1.29, 1.82) is 0 Å². The van der Waals surface area contributed by atoms with Crippen molar-refractivity contribution in [2.45, 2.75) is 12.5 Å². The minimum absolute atomic E-state index is 0.0624. The van der Waals surface area contributed by atoms with Crippen LogP contribution in [0.1, 0.15) is 5.56 Å². The van der Waals surface area contributed by atoms with E-state index >= 15 is 0 Å². The molecule has 0 bridgehead atoms. The highest BCUT2D eigenvalue weighted by Gasteiger charge is 2.20. The van der Waals surface area contributed by atoms with Crippen molar-refractivity contribution in [2.75, 3.05) is 0 Å². The van der Waals surface area contributed by atoms with E-state index in [9.17, 15) is 14.5 Å². The van der Waals surface area contributed by atoms with Gasteiger partial charge in [0.25, 0.3) is 0 Å². The molecular weight excluding hydrogens is 265 g/mol. The zero-order chi connectivity index (χ0) is 13.9. The first-order valence-electron chi connectivity index (χ1n) is 4.74. The fraction of sp³-hybridized carbons (Fsp3) is 0.222. The SMILES string of the molecule is N[C@@H](Cc1ccc(O)c(OP(=O)(O)O)c1)C(=O)O. The van der Waals surface area contributed by atoms with Gasteiger partial charge in [0.15, 0.2) is 11.5 Å². The maximum absolute atomic E-state index is 10.6. The molecule has 100 valence electrons. The lowest BCUT2D eigenvalue weighted by Gasteiger charge is -2.11. The molecule has 0 aliphatic rings. The summed E-state index contributed by atoms with van der Waals surface area (Å²) in [5.41, 5.74) is 5.67. The van der Waals surface area contributed by atoms with Gasteiger partial charge in [0.05, 0.1) is 0 Å². The number of phenols is 1. The number of aliphatic carboxylic acids is 1. The van der Waals surface area contributed by atoms with Crippen LogP contribution in [0, 0.1) is 0 Å². The van der Waals surface area contributed by atoms with Gasteiger partial charge in [-0.05, 0) is 24.1 Å². The summed E-state index contributed by atoms with van der Waals surface area (Å²) in [7, 11) is -4.80. The molecule has 18 heavy (non-hydrogen) atoms. The molecule has 0 fully saturated rings. The van der Waals surface area contributed by atoms with E-state index < -0.39 is 31.3 Å². The maximum atomic E-state index is 10.6. The number of phosphoric acid groups is 1. The molecule has 0 spiro atoms. The monoisotopic (exact) mass is 277 g/mol. The molecule has 0 radical (unpaired) electrons. The lowest BCUT2D eigenvalue weighted by atomic mass is 10.1. The van der Waals surface area contributed by atoms with Crippen molar-refractivity contribution in [2.24, 2.45) is 5.73 Å². The fourth-order valence-electron chi connectivity index (χ4n) is 1.23. The smallest absolute Gasteiger partial charge is 0.504 e. The molecule has 0 aliphatic heterocycles. The molecule has 1 aromatic carbocycles. The van der Waals surface area contributed by atoms with Crippen LogP contribution in [0.5, 0.6) is 11.5 Å². The molecule has 0 aliphatic carbocycles. The number of rotatable bonds is 5. The third-order valence-electron chi connectivity index (χ3n) is 2.01. The lowest BCUT2D eigenvalue weighted by Crippen LogP contribution is -2.32. The Hall–Kier alpha value is -1.60. The number of carbonyl (C=O) groups is 1. The number of carboxylic acid groups (broad SMARTS) is 1. The van der Waals surface area contributed by atoms with Gasteiger partial charge in [0.2, 0.25) is 0 Å². The Balaban J connectivity index is 2.94. The Kier molecular flexibility index (Phi) is 4.31. The van der Waals surface area contributed by atoms with Crippen LogP contribution in [0.4, 0.5) is 0 Å². The van der Waals surface area contributed by atoms with Crippen molar-refractivity contribution >= 4 is 13.8 Å². The number of nitrogens with two attached hydrogens (primary N) is 1. The van der Waals surface area contributed by atoms with E-state index in [0.29, 0.717) is 5.56 Å². The molecular formula is C9H12NO7P. The van der Waals surface area contributed by atoms with E-state index in [0.717, 1.165) is 12.1 Å². The van der Waals surface area contributed by atoms with Crippen LogP contribution in [0.2, 0.25) is 0 Å². The Morgan fingerprint density at radius 3 is 2.56 bits per heavy atom. The van der Waals surface area contributed by atoms with Gasteiger partial charge < -0.3 is 20.5 Å². The Bertz CT molecular complexity index is 498. The van der Waals surface area contributed by atoms with E-state index in [2.05, 4.69) is 4.52 Å². The van der Waals surface area contributed by atoms with E-state index in [1.54, 1.807) is 0 Å². The Morgan fingerprint density at radius 2 is 2.06 bits per heavy atom. The summed E-state index contributed by atoms with van der Waals surface area (Å²) in [5, 5.41) is 17.9. The van der Waals surface area contributed by atoms with Gasteiger partial charge >= 0.3 is 13.8 Å². The number of phosphoric ester groups is 1. The first kappa shape index (κ1) is 14.5. The number of benzene rings is 1. The largest absolute Gasteiger partial charge is 0.524 e. The first-order valence-corrected chi connectivity index (χ1v) is 6.27. The molecule has 0 aromatic heterocycles. The number of carboxylic acids is 1. The summed E-state index contributed by atoms with van der Waals surface area (Å²) >= 11 is 0. The van der Waals surface area contributed by atoms with Crippen molar-refractivity contribution in [3.05, 3.63) is 23.8 Å².